The van der Waals surface area contributed by atoms with Crippen LogP contribution in [0.3, 0.4) is 0 Å². The van der Waals surface area contributed by atoms with Crippen molar-refractivity contribution in [2.75, 3.05) is 5.73 Å². The molecule has 0 fully saturated rings. The maximum absolute atomic E-state index is 6.00. The third kappa shape index (κ3) is 2.96. The van der Waals surface area contributed by atoms with Gasteiger partial charge >= 0.3 is 0 Å². The quantitative estimate of drug-likeness (QED) is 0.583. The number of nitrogens with one attached hydrogen (secondary N) is 1. The Morgan fingerprint density at radius 2 is 1.85 bits per heavy atom. The van der Waals surface area contributed by atoms with Crippen molar-refractivity contribution in [1.29, 1.82) is 0 Å². The fraction of sp³-hybridized carbons (Fsp3) is 0.214. The van der Waals surface area contributed by atoms with Crippen LogP contribution in [0.2, 0.25) is 5.02 Å². The molecule has 1 aromatic carbocycles. The number of aromatic nitrogens is 1. The Kier molecular flexibility index (Phi) is 4.65. The zero-order chi connectivity index (χ0) is 14.9. The molecule has 0 bridgehead atoms. The molecule has 2 aromatic rings. The van der Waals surface area contributed by atoms with E-state index in [0.717, 1.165) is 26.7 Å². The first-order chi connectivity index (χ1) is 9.43. The van der Waals surface area contributed by atoms with Crippen LogP contribution in [0.25, 0.3) is 0 Å². The van der Waals surface area contributed by atoms with Crippen LogP contribution in [0.1, 0.15) is 28.3 Å². The number of halogens is 2. The molecule has 5 N–H and O–H groups in total. The molecule has 1 atom stereocenters. The van der Waals surface area contributed by atoms with E-state index in [0.29, 0.717) is 10.8 Å². The summed E-state index contributed by atoms with van der Waals surface area (Å²) in [6.45, 7) is 4.07. The summed E-state index contributed by atoms with van der Waals surface area (Å²) < 4.78 is 1.09. The predicted molar refractivity (Wildman–Crippen MR) is 86.4 cm³/mol. The molecule has 0 aliphatic rings. The average Bonchev–Trinajstić information content (AvgIpc) is 2.40. The molecule has 0 aliphatic heterocycles. The van der Waals surface area contributed by atoms with Gasteiger partial charge in [0, 0.05) is 16.2 Å². The third-order valence-corrected chi connectivity index (χ3v) is 4.64. The Bertz CT molecular complexity index is 622. The number of rotatable bonds is 3. The first-order valence-electron chi connectivity index (χ1n) is 6.07. The lowest BCUT2D eigenvalue weighted by atomic mass is 9.96. The number of nitrogens with two attached hydrogens (primary N) is 2. The molecule has 0 amide bonds. The van der Waals surface area contributed by atoms with E-state index in [2.05, 4.69) is 38.5 Å². The van der Waals surface area contributed by atoms with Crippen molar-refractivity contribution in [1.82, 2.24) is 10.4 Å². The second kappa shape index (κ2) is 6.10. The standard InChI is InChI=1S/C14H16BrClN4/c1-7-3-9(4-8(2)12(7)15)13(20-18)11-5-10(16)6-19-14(11)17/h3-6,13,20H,18H2,1-2H3,(H2,17,19). The summed E-state index contributed by atoms with van der Waals surface area (Å²) in [7, 11) is 0. The fourth-order valence-electron chi connectivity index (χ4n) is 2.21. The Morgan fingerprint density at radius 1 is 1.25 bits per heavy atom. The number of pyridine rings is 1. The zero-order valence-corrected chi connectivity index (χ0v) is 13.6. The van der Waals surface area contributed by atoms with Gasteiger partial charge in [-0.15, -0.1) is 0 Å². The molecule has 4 nitrogen and oxygen atoms in total. The molecule has 1 unspecified atom stereocenters. The monoisotopic (exact) mass is 354 g/mol. The molecular formula is C14H16BrClN4. The predicted octanol–water partition coefficient (Wildman–Crippen LogP) is 3.25. The van der Waals surface area contributed by atoms with Gasteiger partial charge in [0.2, 0.25) is 0 Å². The van der Waals surface area contributed by atoms with E-state index in [4.69, 9.17) is 23.2 Å². The normalized spacial score (nSPS) is 12.4. The number of benzene rings is 1. The van der Waals surface area contributed by atoms with Crippen LogP contribution in [-0.4, -0.2) is 4.98 Å². The molecule has 0 aliphatic carbocycles. The molecular weight excluding hydrogens is 340 g/mol. The van der Waals surface area contributed by atoms with Crippen molar-refractivity contribution in [2.45, 2.75) is 19.9 Å². The highest BCUT2D eigenvalue weighted by Crippen LogP contribution is 2.31. The van der Waals surface area contributed by atoms with Crippen LogP contribution in [0.4, 0.5) is 5.82 Å². The van der Waals surface area contributed by atoms with E-state index in [9.17, 15) is 0 Å². The van der Waals surface area contributed by atoms with Crippen LogP contribution in [0.5, 0.6) is 0 Å². The molecule has 0 spiro atoms. The fourth-order valence-corrected chi connectivity index (χ4v) is 2.60. The first-order valence-corrected chi connectivity index (χ1v) is 7.24. The molecule has 106 valence electrons. The van der Waals surface area contributed by atoms with Gasteiger partial charge in [-0.1, -0.05) is 39.7 Å². The first kappa shape index (κ1) is 15.3. The zero-order valence-electron chi connectivity index (χ0n) is 11.2. The van der Waals surface area contributed by atoms with Gasteiger partial charge in [-0.05, 0) is 36.6 Å². The second-order valence-corrected chi connectivity index (χ2v) is 5.93. The van der Waals surface area contributed by atoms with Gasteiger partial charge < -0.3 is 5.73 Å². The van der Waals surface area contributed by atoms with Gasteiger partial charge in [0.25, 0.3) is 0 Å². The second-order valence-electron chi connectivity index (χ2n) is 4.70. The highest BCUT2D eigenvalue weighted by molar-refractivity contribution is 9.10. The Labute approximate surface area is 131 Å². The lowest BCUT2D eigenvalue weighted by Crippen LogP contribution is -2.29. The minimum atomic E-state index is -0.258. The van der Waals surface area contributed by atoms with Crippen molar-refractivity contribution in [2.24, 2.45) is 5.84 Å². The van der Waals surface area contributed by atoms with Crippen LogP contribution in [0, 0.1) is 13.8 Å². The van der Waals surface area contributed by atoms with Crippen molar-refractivity contribution in [3.8, 4) is 0 Å². The number of aryl methyl sites for hydroxylation is 2. The maximum atomic E-state index is 6.00. The van der Waals surface area contributed by atoms with Crippen molar-refractivity contribution >= 4 is 33.3 Å². The van der Waals surface area contributed by atoms with Gasteiger partial charge in [-0.3, -0.25) is 5.84 Å². The number of hydrogen-bond acceptors (Lipinski definition) is 4. The maximum Gasteiger partial charge on any atom is 0.128 e. The number of nitrogen functional groups attached to an aromatic ring is 1. The van der Waals surface area contributed by atoms with Crippen molar-refractivity contribution in [3.05, 3.63) is 56.1 Å². The van der Waals surface area contributed by atoms with Gasteiger partial charge in [0.15, 0.2) is 0 Å². The molecule has 0 saturated carbocycles. The minimum Gasteiger partial charge on any atom is -0.383 e. The number of hydrazine groups is 1. The highest BCUT2D eigenvalue weighted by atomic mass is 79.9. The summed E-state index contributed by atoms with van der Waals surface area (Å²) in [4.78, 5) is 4.08. The number of anilines is 1. The molecule has 2 rings (SSSR count). The number of nitrogens with zero attached hydrogens (tertiary/aromatic N) is 1. The van der Waals surface area contributed by atoms with E-state index in [1.807, 2.05) is 13.8 Å². The van der Waals surface area contributed by atoms with Crippen LogP contribution >= 0.6 is 27.5 Å². The third-order valence-electron chi connectivity index (χ3n) is 3.19. The topological polar surface area (TPSA) is 77.0 Å². The summed E-state index contributed by atoms with van der Waals surface area (Å²) in [5.41, 5.74) is 12.8. The summed E-state index contributed by atoms with van der Waals surface area (Å²) in [5.74, 6) is 6.12. The van der Waals surface area contributed by atoms with Crippen LogP contribution in [0.15, 0.2) is 28.9 Å². The highest BCUT2D eigenvalue weighted by Gasteiger charge is 2.18. The van der Waals surface area contributed by atoms with E-state index < -0.39 is 0 Å². The lowest BCUT2D eigenvalue weighted by molar-refractivity contribution is 0.636. The van der Waals surface area contributed by atoms with Crippen LogP contribution < -0.4 is 17.0 Å². The van der Waals surface area contributed by atoms with E-state index >= 15 is 0 Å². The SMILES string of the molecule is Cc1cc(C(NN)c2cc(Cl)cnc2N)cc(C)c1Br. The summed E-state index contributed by atoms with van der Waals surface area (Å²) >= 11 is 9.56. The van der Waals surface area contributed by atoms with E-state index in [1.165, 1.54) is 6.20 Å². The Balaban J connectivity index is 2.55. The smallest absolute Gasteiger partial charge is 0.128 e. The Hall–Kier alpha value is -1.14. The Morgan fingerprint density at radius 3 is 2.40 bits per heavy atom. The lowest BCUT2D eigenvalue weighted by Gasteiger charge is -2.20. The summed E-state index contributed by atoms with van der Waals surface area (Å²) in [6.07, 6.45) is 1.52. The van der Waals surface area contributed by atoms with Crippen molar-refractivity contribution < 1.29 is 0 Å². The molecule has 1 aromatic heterocycles. The molecule has 1 heterocycles. The van der Waals surface area contributed by atoms with Crippen LogP contribution in [-0.2, 0) is 0 Å². The summed E-state index contributed by atoms with van der Waals surface area (Å²) in [5, 5.41) is 0.528. The molecule has 20 heavy (non-hydrogen) atoms. The largest absolute Gasteiger partial charge is 0.383 e. The van der Waals surface area contributed by atoms with Gasteiger partial charge in [0.05, 0.1) is 11.1 Å². The molecule has 0 saturated heterocycles. The molecule has 0 radical (unpaired) electrons. The van der Waals surface area contributed by atoms with E-state index in [1.54, 1.807) is 6.07 Å². The average molecular weight is 356 g/mol. The minimum absolute atomic E-state index is 0.258. The summed E-state index contributed by atoms with van der Waals surface area (Å²) in [6, 6.07) is 5.64. The molecule has 6 heteroatoms. The van der Waals surface area contributed by atoms with Gasteiger partial charge in [0.1, 0.15) is 5.82 Å². The van der Waals surface area contributed by atoms with E-state index in [-0.39, 0.29) is 6.04 Å². The number of hydrogen-bond donors (Lipinski definition) is 3. The van der Waals surface area contributed by atoms with Gasteiger partial charge in [-0.2, -0.15) is 0 Å². The van der Waals surface area contributed by atoms with Crippen molar-refractivity contribution in [3.63, 3.8) is 0 Å². The van der Waals surface area contributed by atoms with Gasteiger partial charge in [-0.25, -0.2) is 10.4 Å².